The standard InChI is InChI=1S/C22H33N3O3/c1-16(20(27)23-18-8-4-5-9-18)24-11-13-25(14-12-24)21(28)22(2,3)17-7-6-10-19(26)15-17/h6-7,10,15-16,18,26H,4-5,8-9,11-14H2,1-3H3,(H,23,27). The predicted molar refractivity (Wildman–Crippen MR) is 109 cm³/mol. The van der Waals surface area contributed by atoms with E-state index in [0.717, 1.165) is 18.4 Å². The minimum Gasteiger partial charge on any atom is -0.508 e. The maximum atomic E-state index is 13.1. The van der Waals surface area contributed by atoms with E-state index in [0.29, 0.717) is 32.2 Å². The molecule has 0 bridgehead atoms. The summed E-state index contributed by atoms with van der Waals surface area (Å²) in [5, 5.41) is 12.9. The highest BCUT2D eigenvalue weighted by Crippen LogP contribution is 2.28. The van der Waals surface area contributed by atoms with Gasteiger partial charge in [-0.25, -0.2) is 0 Å². The summed E-state index contributed by atoms with van der Waals surface area (Å²) in [5.74, 6) is 0.331. The molecule has 2 fully saturated rings. The van der Waals surface area contributed by atoms with Gasteiger partial charge in [-0.1, -0.05) is 25.0 Å². The SMILES string of the molecule is CC(C(=O)NC1CCCC1)N1CCN(C(=O)C(C)(C)c2cccc(O)c2)CC1. The van der Waals surface area contributed by atoms with Crippen molar-refractivity contribution in [1.82, 2.24) is 15.1 Å². The molecule has 0 spiro atoms. The highest BCUT2D eigenvalue weighted by atomic mass is 16.3. The lowest BCUT2D eigenvalue weighted by Gasteiger charge is -2.40. The summed E-state index contributed by atoms with van der Waals surface area (Å²) in [6.45, 7) is 8.37. The van der Waals surface area contributed by atoms with Gasteiger partial charge in [0.25, 0.3) is 0 Å². The molecule has 28 heavy (non-hydrogen) atoms. The van der Waals surface area contributed by atoms with Gasteiger partial charge < -0.3 is 15.3 Å². The van der Waals surface area contributed by atoms with Gasteiger partial charge in [0.05, 0.1) is 11.5 Å². The zero-order chi connectivity index (χ0) is 20.3. The minimum atomic E-state index is -0.702. The molecule has 1 aromatic rings. The fourth-order valence-corrected chi connectivity index (χ4v) is 4.28. The molecule has 0 aromatic heterocycles. The number of phenols is 1. The second-order valence-electron chi connectivity index (χ2n) is 8.67. The van der Waals surface area contributed by atoms with Crippen LogP contribution in [0.5, 0.6) is 5.75 Å². The van der Waals surface area contributed by atoms with E-state index in [1.54, 1.807) is 18.2 Å². The first-order chi connectivity index (χ1) is 13.3. The number of benzene rings is 1. The third kappa shape index (κ3) is 4.49. The van der Waals surface area contributed by atoms with E-state index in [1.165, 1.54) is 12.8 Å². The summed E-state index contributed by atoms with van der Waals surface area (Å²) in [7, 11) is 0. The maximum Gasteiger partial charge on any atom is 0.237 e. The molecule has 2 N–H and O–H groups in total. The van der Waals surface area contributed by atoms with Crippen molar-refractivity contribution in [2.45, 2.75) is 64.0 Å². The monoisotopic (exact) mass is 387 g/mol. The van der Waals surface area contributed by atoms with Gasteiger partial charge in [-0.05, 0) is 51.3 Å². The van der Waals surface area contributed by atoms with Gasteiger partial charge in [0.15, 0.2) is 0 Å². The van der Waals surface area contributed by atoms with Gasteiger partial charge in [-0.3, -0.25) is 14.5 Å². The van der Waals surface area contributed by atoms with Gasteiger partial charge >= 0.3 is 0 Å². The third-order valence-corrected chi connectivity index (χ3v) is 6.33. The molecule has 0 radical (unpaired) electrons. The number of nitrogens with one attached hydrogen (secondary N) is 1. The summed E-state index contributed by atoms with van der Waals surface area (Å²) in [6.07, 6.45) is 4.58. The number of carbonyl (C=O) groups excluding carboxylic acids is 2. The van der Waals surface area contributed by atoms with Gasteiger partial charge in [-0.2, -0.15) is 0 Å². The first kappa shape index (κ1) is 20.6. The van der Waals surface area contributed by atoms with Gasteiger partial charge in [0.1, 0.15) is 5.75 Å². The molecule has 1 aliphatic carbocycles. The number of amides is 2. The minimum absolute atomic E-state index is 0.0563. The zero-order valence-corrected chi connectivity index (χ0v) is 17.3. The Labute approximate surface area is 167 Å². The molecule has 1 aliphatic heterocycles. The van der Waals surface area contributed by atoms with Crippen molar-refractivity contribution in [2.24, 2.45) is 0 Å². The Hall–Kier alpha value is -2.08. The number of rotatable bonds is 5. The quantitative estimate of drug-likeness (QED) is 0.813. The molecule has 1 heterocycles. The zero-order valence-electron chi connectivity index (χ0n) is 17.3. The molecule has 3 rings (SSSR count). The van der Waals surface area contributed by atoms with Gasteiger partial charge in [0.2, 0.25) is 11.8 Å². The van der Waals surface area contributed by atoms with E-state index in [1.807, 2.05) is 31.7 Å². The fourth-order valence-electron chi connectivity index (χ4n) is 4.28. The number of nitrogens with zero attached hydrogens (tertiary/aromatic N) is 2. The van der Waals surface area contributed by atoms with Crippen LogP contribution in [0.3, 0.4) is 0 Å². The van der Waals surface area contributed by atoms with Gasteiger partial charge in [-0.15, -0.1) is 0 Å². The van der Waals surface area contributed by atoms with Crippen molar-refractivity contribution >= 4 is 11.8 Å². The van der Waals surface area contributed by atoms with Crippen LogP contribution in [0.4, 0.5) is 0 Å². The summed E-state index contributed by atoms with van der Waals surface area (Å²) in [4.78, 5) is 29.7. The number of hydrogen-bond acceptors (Lipinski definition) is 4. The molecule has 1 saturated carbocycles. The van der Waals surface area contributed by atoms with E-state index in [-0.39, 0.29) is 23.6 Å². The third-order valence-electron chi connectivity index (χ3n) is 6.33. The first-order valence-corrected chi connectivity index (χ1v) is 10.4. The van der Waals surface area contributed by atoms with Crippen molar-refractivity contribution in [3.8, 4) is 5.75 Å². The maximum absolute atomic E-state index is 13.1. The van der Waals surface area contributed by atoms with E-state index in [2.05, 4.69) is 10.2 Å². The van der Waals surface area contributed by atoms with Crippen molar-refractivity contribution in [2.75, 3.05) is 26.2 Å². The van der Waals surface area contributed by atoms with Crippen LogP contribution in [-0.4, -0.2) is 65.0 Å². The van der Waals surface area contributed by atoms with Crippen molar-refractivity contribution in [1.29, 1.82) is 0 Å². The van der Waals surface area contributed by atoms with Crippen LogP contribution < -0.4 is 5.32 Å². The Bertz CT molecular complexity index is 705. The topological polar surface area (TPSA) is 72.9 Å². The summed E-state index contributed by atoms with van der Waals surface area (Å²) in [5.41, 5.74) is 0.107. The first-order valence-electron chi connectivity index (χ1n) is 10.4. The molecule has 154 valence electrons. The summed E-state index contributed by atoms with van der Waals surface area (Å²) >= 11 is 0. The second-order valence-corrected chi connectivity index (χ2v) is 8.67. The molecule has 1 unspecified atom stereocenters. The van der Waals surface area contributed by atoms with Crippen LogP contribution in [0.2, 0.25) is 0 Å². The van der Waals surface area contributed by atoms with Crippen molar-refractivity contribution in [3.63, 3.8) is 0 Å². The van der Waals surface area contributed by atoms with Crippen molar-refractivity contribution in [3.05, 3.63) is 29.8 Å². The van der Waals surface area contributed by atoms with Crippen LogP contribution in [0, 0.1) is 0 Å². The molecule has 1 atom stereocenters. The number of phenolic OH excluding ortho intramolecular Hbond substituents is 1. The van der Waals surface area contributed by atoms with Crippen LogP contribution in [0.1, 0.15) is 52.0 Å². The molecular formula is C22H33N3O3. The molecule has 1 saturated heterocycles. The fraction of sp³-hybridized carbons (Fsp3) is 0.636. The lowest BCUT2D eigenvalue weighted by Crippen LogP contribution is -2.57. The lowest BCUT2D eigenvalue weighted by molar-refractivity contribution is -0.139. The van der Waals surface area contributed by atoms with Crippen LogP contribution in [0.25, 0.3) is 0 Å². The highest BCUT2D eigenvalue weighted by molar-refractivity contribution is 5.87. The molecule has 6 heteroatoms. The van der Waals surface area contributed by atoms with Crippen LogP contribution in [0.15, 0.2) is 24.3 Å². The van der Waals surface area contributed by atoms with E-state index in [4.69, 9.17) is 0 Å². The average Bonchev–Trinajstić information content (AvgIpc) is 3.20. The molecule has 1 aromatic carbocycles. The second kappa shape index (κ2) is 8.52. The summed E-state index contributed by atoms with van der Waals surface area (Å²) in [6, 6.07) is 7.08. The van der Waals surface area contributed by atoms with E-state index >= 15 is 0 Å². The molecule has 6 nitrogen and oxygen atoms in total. The Morgan fingerprint density at radius 3 is 2.39 bits per heavy atom. The van der Waals surface area contributed by atoms with E-state index in [9.17, 15) is 14.7 Å². The molecular weight excluding hydrogens is 354 g/mol. The Morgan fingerprint density at radius 1 is 1.14 bits per heavy atom. The number of hydrogen-bond donors (Lipinski definition) is 2. The largest absolute Gasteiger partial charge is 0.508 e. The highest BCUT2D eigenvalue weighted by Gasteiger charge is 2.36. The van der Waals surface area contributed by atoms with Crippen molar-refractivity contribution < 1.29 is 14.7 Å². The summed E-state index contributed by atoms with van der Waals surface area (Å²) < 4.78 is 0. The average molecular weight is 388 g/mol. The number of piperazine rings is 1. The predicted octanol–water partition coefficient (Wildman–Crippen LogP) is 2.26. The number of carbonyl (C=O) groups is 2. The van der Waals surface area contributed by atoms with Crippen LogP contribution in [-0.2, 0) is 15.0 Å². The normalized spacial score (nSPS) is 20.2. The Morgan fingerprint density at radius 2 is 1.79 bits per heavy atom. The van der Waals surface area contributed by atoms with Gasteiger partial charge in [0, 0.05) is 32.2 Å². The lowest BCUT2D eigenvalue weighted by atomic mass is 9.83. The Kier molecular flexibility index (Phi) is 6.28. The molecule has 2 amide bonds. The van der Waals surface area contributed by atoms with E-state index < -0.39 is 5.41 Å². The smallest absolute Gasteiger partial charge is 0.237 e. The molecule has 2 aliphatic rings. The number of aromatic hydroxyl groups is 1. The Balaban J connectivity index is 1.55. The van der Waals surface area contributed by atoms with Crippen LogP contribution >= 0.6 is 0 Å².